The molecular formula is C9H12N2O. The van der Waals surface area contributed by atoms with Gasteiger partial charge in [0.25, 0.3) is 0 Å². The molecule has 0 unspecified atom stereocenters. The van der Waals surface area contributed by atoms with Crippen molar-refractivity contribution in [3.05, 3.63) is 30.1 Å². The van der Waals surface area contributed by atoms with Crippen LogP contribution >= 0.6 is 0 Å². The lowest BCUT2D eigenvalue weighted by Crippen LogP contribution is -1.99. The van der Waals surface area contributed by atoms with Crippen LogP contribution in [-0.4, -0.2) is 15.9 Å². The molecule has 0 saturated carbocycles. The highest BCUT2D eigenvalue weighted by Gasteiger charge is 2.00. The van der Waals surface area contributed by atoms with Crippen LogP contribution in [0, 0.1) is 0 Å². The number of oxime groups is 1. The standard InChI is InChI=1S/C9H12N2O/c1-2-3-9(11-12)8-4-6-10-7-5-8/h4-7,12H,2-3H2,1H3/b11-9-. The van der Waals surface area contributed by atoms with Crippen molar-refractivity contribution in [3.8, 4) is 0 Å². The van der Waals surface area contributed by atoms with E-state index in [1.54, 1.807) is 12.4 Å². The first-order valence-corrected chi connectivity index (χ1v) is 3.99. The average molecular weight is 164 g/mol. The predicted octanol–water partition coefficient (Wildman–Crippen LogP) is 2.06. The predicted molar refractivity (Wildman–Crippen MR) is 47.5 cm³/mol. The van der Waals surface area contributed by atoms with Gasteiger partial charge in [-0.05, 0) is 18.6 Å². The zero-order valence-corrected chi connectivity index (χ0v) is 7.07. The van der Waals surface area contributed by atoms with Crippen molar-refractivity contribution in [2.75, 3.05) is 0 Å². The fourth-order valence-electron chi connectivity index (χ4n) is 1.03. The Hall–Kier alpha value is -1.38. The third-order valence-corrected chi connectivity index (χ3v) is 1.62. The van der Waals surface area contributed by atoms with E-state index in [2.05, 4.69) is 10.1 Å². The highest BCUT2D eigenvalue weighted by Crippen LogP contribution is 2.04. The van der Waals surface area contributed by atoms with Crippen LogP contribution in [0.3, 0.4) is 0 Å². The van der Waals surface area contributed by atoms with Crippen LogP contribution in [0.25, 0.3) is 0 Å². The third-order valence-electron chi connectivity index (χ3n) is 1.62. The summed E-state index contributed by atoms with van der Waals surface area (Å²) in [5.41, 5.74) is 1.66. The summed E-state index contributed by atoms with van der Waals surface area (Å²) in [4.78, 5) is 3.89. The zero-order chi connectivity index (χ0) is 8.81. The molecule has 0 bridgehead atoms. The average Bonchev–Trinajstić information content (AvgIpc) is 2.15. The van der Waals surface area contributed by atoms with Crippen LogP contribution in [0.4, 0.5) is 0 Å². The van der Waals surface area contributed by atoms with E-state index in [1.807, 2.05) is 19.1 Å². The van der Waals surface area contributed by atoms with E-state index < -0.39 is 0 Å². The molecule has 0 aliphatic rings. The summed E-state index contributed by atoms with van der Waals surface area (Å²) < 4.78 is 0. The lowest BCUT2D eigenvalue weighted by molar-refractivity contribution is 0.318. The van der Waals surface area contributed by atoms with Crippen molar-refractivity contribution in [1.82, 2.24) is 4.98 Å². The number of nitrogens with zero attached hydrogens (tertiary/aromatic N) is 2. The largest absolute Gasteiger partial charge is 0.411 e. The molecule has 0 aliphatic carbocycles. The smallest absolute Gasteiger partial charge is 0.0868 e. The van der Waals surface area contributed by atoms with Crippen LogP contribution in [0.1, 0.15) is 25.3 Å². The molecule has 0 aromatic carbocycles. The first-order valence-electron chi connectivity index (χ1n) is 3.99. The van der Waals surface area contributed by atoms with Gasteiger partial charge in [0, 0.05) is 18.0 Å². The van der Waals surface area contributed by atoms with Crippen molar-refractivity contribution in [1.29, 1.82) is 0 Å². The van der Waals surface area contributed by atoms with Gasteiger partial charge in [-0.15, -0.1) is 0 Å². The second-order valence-electron chi connectivity index (χ2n) is 2.53. The minimum absolute atomic E-state index is 0.722. The molecule has 0 fully saturated rings. The van der Waals surface area contributed by atoms with Crippen LogP contribution in [0.5, 0.6) is 0 Å². The summed E-state index contributed by atoms with van der Waals surface area (Å²) in [6.45, 7) is 2.05. The van der Waals surface area contributed by atoms with Crippen LogP contribution in [0.2, 0.25) is 0 Å². The zero-order valence-electron chi connectivity index (χ0n) is 7.07. The molecule has 3 nitrogen and oxygen atoms in total. The second-order valence-corrected chi connectivity index (χ2v) is 2.53. The van der Waals surface area contributed by atoms with Crippen LogP contribution in [0.15, 0.2) is 29.7 Å². The van der Waals surface area contributed by atoms with Gasteiger partial charge < -0.3 is 5.21 Å². The van der Waals surface area contributed by atoms with Crippen LogP contribution in [-0.2, 0) is 0 Å². The van der Waals surface area contributed by atoms with E-state index in [9.17, 15) is 0 Å². The molecule has 0 radical (unpaired) electrons. The summed E-state index contributed by atoms with van der Waals surface area (Å²) in [5.74, 6) is 0. The van der Waals surface area contributed by atoms with Crippen molar-refractivity contribution in [2.24, 2.45) is 5.16 Å². The van der Waals surface area contributed by atoms with E-state index in [1.165, 1.54) is 0 Å². The molecule has 3 heteroatoms. The van der Waals surface area contributed by atoms with Crippen molar-refractivity contribution < 1.29 is 5.21 Å². The Morgan fingerprint density at radius 3 is 2.67 bits per heavy atom. The molecule has 64 valence electrons. The molecule has 0 aliphatic heterocycles. The molecular weight excluding hydrogens is 152 g/mol. The lowest BCUT2D eigenvalue weighted by Gasteiger charge is -2.00. The lowest BCUT2D eigenvalue weighted by atomic mass is 10.1. The highest BCUT2D eigenvalue weighted by molar-refractivity contribution is 5.99. The van der Waals surface area contributed by atoms with E-state index in [4.69, 9.17) is 5.21 Å². The van der Waals surface area contributed by atoms with E-state index in [-0.39, 0.29) is 0 Å². The SMILES string of the molecule is CCC/C(=N/O)c1ccncc1. The Balaban J connectivity index is 2.82. The van der Waals surface area contributed by atoms with Gasteiger partial charge in [0.2, 0.25) is 0 Å². The normalized spacial score (nSPS) is 11.6. The van der Waals surface area contributed by atoms with Crippen molar-refractivity contribution >= 4 is 5.71 Å². The minimum Gasteiger partial charge on any atom is -0.411 e. The van der Waals surface area contributed by atoms with Crippen molar-refractivity contribution in [3.63, 3.8) is 0 Å². The topological polar surface area (TPSA) is 45.5 Å². The Morgan fingerprint density at radius 1 is 1.50 bits per heavy atom. The molecule has 1 aromatic rings. The maximum absolute atomic E-state index is 8.68. The quantitative estimate of drug-likeness (QED) is 0.422. The molecule has 1 N–H and O–H groups in total. The Kier molecular flexibility index (Phi) is 3.26. The monoisotopic (exact) mass is 164 g/mol. The van der Waals surface area contributed by atoms with E-state index in [0.29, 0.717) is 0 Å². The van der Waals surface area contributed by atoms with Gasteiger partial charge in [-0.3, -0.25) is 4.98 Å². The number of aromatic nitrogens is 1. The first kappa shape index (κ1) is 8.71. The van der Waals surface area contributed by atoms with Gasteiger partial charge in [0.05, 0.1) is 5.71 Å². The van der Waals surface area contributed by atoms with Crippen molar-refractivity contribution in [2.45, 2.75) is 19.8 Å². The number of rotatable bonds is 3. The molecule has 1 heterocycles. The first-order chi connectivity index (χ1) is 5.88. The molecule has 0 atom stereocenters. The molecule has 0 saturated heterocycles. The van der Waals surface area contributed by atoms with Gasteiger partial charge >= 0.3 is 0 Å². The van der Waals surface area contributed by atoms with Gasteiger partial charge in [-0.2, -0.15) is 0 Å². The molecule has 1 aromatic heterocycles. The maximum Gasteiger partial charge on any atom is 0.0868 e. The third kappa shape index (κ3) is 2.05. The Morgan fingerprint density at radius 2 is 2.17 bits per heavy atom. The summed E-state index contributed by atoms with van der Waals surface area (Å²) in [5, 5.41) is 11.9. The number of hydrogen-bond donors (Lipinski definition) is 1. The minimum atomic E-state index is 0.722. The van der Waals surface area contributed by atoms with E-state index in [0.717, 1.165) is 24.1 Å². The van der Waals surface area contributed by atoms with Gasteiger partial charge in [0.1, 0.15) is 0 Å². The molecule has 12 heavy (non-hydrogen) atoms. The van der Waals surface area contributed by atoms with Gasteiger partial charge in [0.15, 0.2) is 0 Å². The number of pyridine rings is 1. The summed E-state index contributed by atoms with van der Waals surface area (Å²) >= 11 is 0. The number of hydrogen-bond acceptors (Lipinski definition) is 3. The molecule has 1 rings (SSSR count). The molecule has 0 amide bonds. The Bertz CT molecular complexity index is 256. The summed E-state index contributed by atoms with van der Waals surface area (Å²) in [7, 11) is 0. The van der Waals surface area contributed by atoms with E-state index >= 15 is 0 Å². The summed E-state index contributed by atoms with van der Waals surface area (Å²) in [6, 6.07) is 3.68. The Labute approximate surface area is 71.8 Å². The molecule has 0 spiro atoms. The van der Waals surface area contributed by atoms with Gasteiger partial charge in [-0.1, -0.05) is 18.5 Å². The summed E-state index contributed by atoms with van der Waals surface area (Å²) in [6.07, 6.45) is 5.15. The second kappa shape index (κ2) is 4.49. The highest BCUT2D eigenvalue weighted by atomic mass is 16.4. The van der Waals surface area contributed by atoms with Crippen LogP contribution < -0.4 is 0 Å². The fourth-order valence-corrected chi connectivity index (χ4v) is 1.03. The fraction of sp³-hybridized carbons (Fsp3) is 0.333. The maximum atomic E-state index is 8.68. The van der Waals surface area contributed by atoms with Gasteiger partial charge in [-0.25, -0.2) is 0 Å².